The zero-order chi connectivity index (χ0) is 11.2. The van der Waals surface area contributed by atoms with Gasteiger partial charge < -0.3 is 10.7 Å². The van der Waals surface area contributed by atoms with Gasteiger partial charge >= 0.3 is 0 Å². The van der Waals surface area contributed by atoms with Crippen molar-refractivity contribution >= 4 is 0 Å². The van der Waals surface area contributed by atoms with Crippen molar-refractivity contribution < 1.29 is 0 Å². The fourth-order valence-corrected chi connectivity index (χ4v) is 4.00. The van der Waals surface area contributed by atoms with Gasteiger partial charge in [0.15, 0.2) is 0 Å². The molecule has 0 saturated heterocycles. The second kappa shape index (κ2) is 3.63. The number of hydrogen-bond acceptors (Lipinski definition) is 1. The van der Waals surface area contributed by atoms with E-state index in [1.807, 2.05) is 0 Å². The topological polar surface area (TPSA) is 41.8 Å². The molecule has 1 aromatic rings. The van der Waals surface area contributed by atoms with Gasteiger partial charge in [0, 0.05) is 23.3 Å². The molecule has 0 spiro atoms. The van der Waals surface area contributed by atoms with E-state index in [0.717, 1.165) is 6.54 Å². The Balaban J connectivity index is 2.11. The third-order valence-electron chi connectivity index (χ3n) is 4.71. The van der Waals surface area contributed by atoms with Crippen LogP contribution in [0.15, 0.2) is 0 Å². The predicted molar refractivity (Wildman–Crippen MR) is 66.8 cm³/mol. The first kappa shape index (κ1) is 10.4. The van der Waals surface area contributed by atoms with Crippen LogP contribution in [0.4, 0.5) is 0 Å². The Labute approximate surface area is 97.6 Å². The Kier molecular flexibility index (Phi) is 2.36. The standard InChI is InChI=1S/C14H22N2/c1-10-13(11-5-4-6-12(11)16-10)14(9-15)7-2-3-8-14/h16H,2-9,15H2,1H3. The highest BCUT2D eigenvalue weighted by Crippen LogP contribution is 2.45. The van der Waals surface area contributed by atoms with Gasteiger partial charge in [0.1, 0.15) is 0 Å². The maximum atomic E-state index is 6.11. The van der Waals surface area contributed by atoms with Gasteiger partial charge in [0.25, 0.3) is 0 Å². The summed E-state index contributed by atoms with van der Waals surface area (Å²) in [5.41, 5.74) is 12.6. The average molecular weight is 218 g/mol. The minimum atomic E-state index is 0.318. The van der Waals surface area contributed by atoms with Crippen LogP contribution in [-0.2, 0) is 18.3 Å². The Morgan fingerprint density at radius 1 is 1.19 bits per heavy atom. The van der Waals surface area contributed by atoms with Crippen LogP contribution in [0.3, 0.4) is 0 Å². The summed E-state index contributed by atoms with van der Waals surface area (Å²) in [5.74, 6) is 0. The summed E-state index contributed by atoms with van der Waals surface area (Å²) in [7, 11) is 0. The van der Waals surface area contributed by atoms with Gasteiger partial charge in [0.05, 0.1) is 0 Å². The predicted octanol–water partition coefficient (Wildman–Crippen LogP) is 2.58. The normalized spacial score (nSPS) is 22.6. The Morgan fingerprint density at radius 2 is 1.94 bits per heavy atom. The molecule has 0 amide bonds. The van der Waals surface area contributed by atoms with Gasteiger partial charge in [-0.3, -0.25) is 0 Å². The molecule has 0 atom stereocenters. The van der Waals surface area contributed by atoms with E-state index in [4.69, 9.17) is 5.73 Å². The lowest BCUT2D eigenvalue weighted by molar-refractivity contribution is 0.447. The first-order valence-electron chi connectivity index (χ1n) is 6.68. The molecular weight excluding hydrogens is 196 g/mol. The van der Waals surface area contributed by atoms with Gasteiger partial charge in [-0.15, -0.1) is 0 Å². The van der Waals surface area contributed by atoms with Crippen LogP contribution in [0.25, 0.3) is 0 Å². The first-order valence-corrected chi connectivity index (χ1v) is 6.68. The van der Waals surface area contributed by atoms with E-state index in [2.05, 4.69) is 11.9 Å². The number of nitrogens with two attached hydrogens (primary N) is 1. The molecule has 0 unspecified atom stereocenters. The molecule has 1 aromatic heterocycles. The highest BCUT2D eigenvalue weighted by molar-refractivity contribution is 5.45. The Bertz CT molecular complexity index is 397. The number of aromatic amines is 1. The second-order valence-corrected chi connectivity index (χ2v) is 5.63. The largest absolute Gasteiger partial charge is 0.362 e. The Hall–Kier alpha value is -0.760. The highest BCUT2D eigenvalue weighted by atomic mass is 14.8. The third kappa shape index (κ3) is 1.29. The molecule has 1 saturated carbocycles. The van der Waals surface area contributed by atoms with Crippen LogP contribution in [-0.4, -0.2) is 11.5 Å². The van der Waals surface area contributed by atoms with Crippen molar-refractivity contribution in [3.05, 3.63) is 22.5 Å². The molecule has 0 aromatic carbocycles. The van der Waals surface area contributed by atoms with Crippen LogP contribution < -0.4 is 5.73 Å². The van der Waals surface area contributed by atoms with E-state index in [0.29, 0.717) is 5.41 Å². The fourth-order valence-electron chi connectivity index (χ4n) is 4.00. The maximum absolute atomic E-state index is 6.11. The van der Waals surface area contributed by atoms with Crippen molar-refractivity contribution in [3.63, 3.8) is 0 Å². The molecule has 3 N–H and O–H groups in total. The van der Waals surface area contributed by atoms with Crippen LogP contribution in [0.1, 0.15) is 54.6 Å². The molecule has 1 heterocycles. The summed E-state index contributed by atoms with van der Waals surface area (Å²) in [6, 6.07) is 0. The molecule has 0 radical (unpaired) electrons. The average Bonchev–Trinajstić information content (AvgIpc) is 2.92. The van der Waals surface area contributed by atoms with Crippen LogP contribution in [0, 0.1) is 6.92 Å². The molecule has 1 fully saturated rings. The van der Waals surface area contributed by atoms with Crippen molar-refractivity contribution in [2.75, 3.05) is 6.54 Å². The number of nitrogens with one attached hydrogen (secondary N) is 1. The number of fused-ring (bicyclic) bond motifs is 1. The quantitative estimate of drug-likeness (QED) is 0.787. The molecule has 2 aliphatic carbocycles. The van der Waals surface area contributed by atoms with Gasteiger partial charge in [-0.05, 0) is 50.2 Å². The molecule has 16 heavy (non-hydrogen) atoms. The lowest BCUT2D eigenvalue weighted by atomic mass is 9.76. The molecule has 2 heteroatoms. The van der Waals surface area contributed by atoms with Gasteiger partial charge in [-0.25, -0.2) is 0 Å². The minimum absolute atomic E-state index is 0.318. The smallest absolute Gasteiger partial charge is 0.0184 e. The monoisotopic (exact) mass is 218 g/mol. The molecule has 88 valence electrons. The molecule has 2 aliphatic rings. The van der Waals surface area contributed by atoms with E-state index in [1.54, 1.807) is 11.1 Å². The van der Waals surface area contributed by atoms with Crippen molar-refractivity contribution in [1.29, 1.82) is 0 Å². The molecule has 0 bridgehead atoms. The summed E-state index contributed by atoms with van der Waals surface area (Å²) in [4.78, 5) is 3.61. The van der Waals surface area contributed by atoms with E-state index in [1.165, 1.54) is 56.3 Å². The number of aromatic nitrogens is 1. The number of rotatable bonds is 2. The lowest BCUT2D eigenvalue weighted by Crippen LogP contribution is -2.33. The van der Waals surface area contributed by atoms with Crippen LogP contribution in [0.5, 0.6) is 0 Å². The molecule has 2 nitrogen and oxygen atoms in total. The summed E-state index contributed by atoms with van der Waals surface area (Å²) < 4.78 is 0. The third-order valence-corrected chi connectivity index (χ3v) is 4.71. The van der Waals surface area contributed by atoms with Crippen molar-refractivity contribution in [2.24, 2.45) is 5.73 Å². The number of H-pyrrole nitrogens is 1. The summed E-state index contributed by atoms with van der Waals surface area (Å²) in [5, 5.41) is 0. The maximum Gasteiger partial charge on any atom is 0.0184 e. The second-order valence-electron chi connectivity index (χ2n) is 5.63. The fraction of sp³-hybridized carbons (Fsp3) is 0.714. The van der Waals surface area contributed by atoms with Gasteiger partial charge in [0.2, 0.25) is 0 Å². The molecular formula is C14H22N2. The van der Waals surface area contributed by atoms with Gasteiger partial charge in [-0.2, -0.15) is 0 Å². The van der Waals surface area contributed by atoms with E-state index < -0.39 is 0 Å². The molecule has 0 aliphatic heterocycles. The van der Waals surface area contributed by atoms with E-state index >= 15 is 0 Å². The zero-order valence-electron chi connectivity index (χ0n) is 10.2. The SMILES string of the molecule is Cc1[nH]c2c(c1C1(CN)CCCC1)CCC2. The Morgan fingerprint density at radius 3 is 2.62 bits per heavy atom. The van der Waals surface area contributed by atoms with E-state index in [9.17, 15) is 0 Å². The zero-order valence-corrected chi connectivity index (χ0v) is 10.2. The summed E-state index contributed by atoms with van der Waals surface area (Å²) in [6.07, 6.45) is 9.17. The molecule has 3 rings (SSSR count). The number of aryl methyl sites for hydroxylation is 2. The van der Waals surface area contributed by atoms with Crippen molar-refractivity contribution in [1.82, 2.24) is 4.98 Å². The van der Waals surface area contributed by atoms with Gasteiger partial charge in [-0.1, -0.05) is 12.8 Å². The summed E-state index contributed by atoms with van der Waals surface area (Å²) in [6.45, 7) is 3.07. The first-order chi connectivity index (χ1) is 7.77. The lowest BCUT2D eigenvalue weighted by Gasteiger charge is -2.29. The summed E-state index contributed by atoms with van der Waals surface area (Å²) >= 11 is 0. The number of hydrogen-bond donors (Lipinski definition) is 2. The van der Waals surface area contributed by atoms with E-state index in [-0.39, 0.29) is 0 Å². The highest BCUT2D eigenvalue weighted by Gasteiger charge is 2.39. The van der Waals surface area contributed by atoms with Crippen molar-refractivity contribution in [3.8, 4) is 0 Å². The minimum Gasteiger partial charge on any atom is -0.362 e. The van der Waals surface area contributed by atoms with Crippen LogP contribution in [0.2, 0.25) is 0 Å². The van der Waals surface area contributed by atoms with Crippen LogP contribution >= 0.6 is 0 Å². The van der Waals surface area contributed by atoms with Crippen molar-refractivity contribution in [2.45, 2.75) is 57.3 Å².